The Morgan fingerprint density at radius 3 is 2.60 bits per heavy atom. The smallest absolute Gasteiger partial charge is 0.243 e. The van der Waals surface area contributed by atoms with Gasteiger partial charge >= 0.3 is 0 Å². The standard InChI is InChI=1S/C13H20ClN5O/c1-7(2)15-12(20)9(4)19-10(6-14)16-11-8(3)17-18(5)13(11)19/h7,9H,6H2,1-5H3,(H,15,20). The molecule has 0 aliphatic heterocycles. The predicted molar refractivity (Wildman–Crippen MR) is 78.8 cm³/mol. The van der Waals surface area contributed by atoms with Crippen LogP contribution in [0.5, 0.6) is 0 Å². The highest BCUT2D eigenvalue weighted by Crippen LogP contribution is 2.24. The van der Waals surface area contributed by atoms with Crippen molar-refractivity contribution in [1.82, 2.24) is 24.6 Å². The zero-order chi connectivity index (χ0) is 15.0. The van der Waals surface area contributed by atoms with Crippen molar-refractivity contribution in [2.24, 2.45) is 7.05 Å². The zero-order valence-electron chi connectivity index (χ0n) is 12.4. The average Bonchev–Trinajstić information content (AvgIpc) is 2.87. The molecular formula is C13H20ClN5O. The highest BCUT2D eigenvalue weighted by atomic mass is 35.5. The first-order valence-corrected chi connectivity index (χ1v) is 7.17. The van der Waals surface area contributed by atoms with Gasteiger partial charge in [0.2, 0.25) is 5.91 Å². The third-order valence-corrected chi connectivity index (χ3v) is 3.46. The molecule has 110 valence electrons. The van der Waals surface area contributed by atoms with Crippen LogP contribution in [0.25, 0.3) is 11.2 Å². The van der Waals surface area contributed by atoms with Gasteiger partial charge in [-0.3, -0.25) is 14.0 Å². The summed E-state index contributed by atoms with van der Waals surface area (Å²) in [6.07, 6.45) is 0. The zero-order valence-corrected chi connectivity index (χ0v) is 13.2. The molecule has 1 amide bonds. The Labute approximate surface area is 123 Å². The molecule has 1 atom stereocenters. The minimum atomic E-state index is -0.383. The summed E-state index contributed by atoms with van der Waals surface area (Å²) in [6.45, 7) is 7.61. The van der Waals surface area contributed by atoms with Gasteiger partial charge in [-0.2, -0.15) is 5.10 Å². The van der Waals surface area contributed by atoms with Crippen molar-refractivity contribution in [2.45, 2.75) is 45.7 Å². The Bertz CT molecular complexity index is 643. The van der Waals surface area contributed by atoms with Crippen molar-refractivity contribution in [3.05, 3.63) is 11.5 Å². The van der Waals surface area contributed by atoms with Gasteiger partial charge < -0.3 is 5.32 Å². The van der Waals surface area contributed by atoms with Crippen molar-refractivity contribution >= 4 is 28.7 Å². The Hall–Kier alpha value is -1.56. The Kier molecular flexibility index (Phi) is 4.04. The number of carbonyl (C=O) groups excluding carboxylic acids is 1. The lowest BCUT2D eigenvalue weighted by molar-refractivity contribution is -0.124. The van der Waals surface area contributed by atoms with Crippen molar-refractivity contribution in [3.63, 3.8) is 0 Å². The van der Waals surface area contributed by atoms with E-state index in [4.69, 9.17) is 11.6 Å². The van der Waals surface area contributed by atoms with Gasteiger partial charge in [0.05, 0.1) is 11.6 Å². The molecule has 2 rings (SSSR count). The van der Waals surface area contributed by atoms with Crippen molar-refractivity contribution in [3.8, 4) is 0 Å². The van der Waals surface area contributed by atoms with E-state index < -0.39 is 0 Å². The second-order valence-corrected chi connectivity index (χ2v) is 5.52. The maximum atomic E-state index is 12.2. The lowest BCUT2D eigenvalue weighted by atomic mass is 10.2. The number of halogens is 1. The third kappa shape index (κ3) is 2.40. The second kappa shape index (κ2) is 5.44. The number of imidazole rings is 1. The van der Waals surface area contributed by atoms with Gasteiger partial charge in [-0.1, -0.05) is 0 Å². The van der Waals surface area contributed by atoms with Crippen LogP contribution in [0.4, 0.5) is 0 Å². The maximum absolute atomic E-state index is 12.2. The van der Waals surface area contributed by atoms with Gasteiger partial charge in [0.25, 0.3) is 0 Å². The molecule has 0 fully saturated rings. The molecule has 2 heterocycles. The topological polar surface area (TPSA) is 64.7 Å². The molecule has 0 saturated heterocycles. The average molecular weight is 298 g/mol. The largest absolute Gasteiger partial charge is 0.352 e. The van der Waals surface area contributed by atoms with Gasteiger partial charge in [0.15, 0.2) is 5.65 Å². The summed E-state index contributed by atoms with van der Waals surface area (Å²) >= 11 is 5.97. The number of hydrogen-bond acceptors (Lipinski definition) is 3. The van der Waals surface area contributed by atoms with E-state index in [-0.39, 0.29) is 23.9 Å². The van der Waals surface area contributed by atoms with Crippen LogP contribution in [0.15, 0.2) is 0 Å². The van der Waals surface area contributed by atoms with E-state index in [2.05, 4.69) is 15.4 Å². The van der Waals surface area contributed by atoms with Crippen LogP contribution in [0, 0.1) is 6.92 Å². The van der Waals surface area contributed by atoms with E-state index in [1.807, 2.05) is 39.3 Å². The number of nitrogens with one attached hydrogen (secondary N) is 1. The van der Waals surface area contributed by atoms with Crippen LogP contribution >= 0.6 is 11.6 Å². The molecule has 0 aromatic carbocycles. The summed E-state index contributed by atoms with van der Waals surface area (Å²) in [5, 5.41) is 7.26. The minimum absolute atomic E-state index is 0.0514. The number of rotatable bonds is 4. The Morgan fingerprint density at radius 1 is 1.40 bits per heavy atom. The first kappa shape index (κ1) is 14.8. The van der Waals surface area contributed by atoms with Crippen molar-refractivity contribution in [1.29, 1.82) is 0 Å². The first-order valence-electron chi connectivity index (χ1n) is 6.63. The molecule has 6 nitrogen and oxygen atoms in total. The third-order valence-electron chi connectivity index (χ3n) is 3.23. The van der Waals surface area contributed by atoms with E-state index in [1.165, 1.54) is 0 Å². The molecule has 2 aromatic rings. The molecular weight excluding hydrogens is 278 g/mol. The monoisotopic (exact) mass is 297 g/mol. The molecule has 7 heteroatoms. The number of aromatic nitrogens is 4. The summed E-state index contributed by atoms with van der Waals surface area (Å²) < 4.78 is 3.60. The Morgan fingerprint density at radius 2 is 2.05 bits per heavy atom. The van der Waals surface area contributed by atoms with E-state index >= 15 is 0 Å². The molecule has 1 N–H and O–H groups in total. The molecule has 2 aromatic heterocycles. The quantitative estimate of drug-likeness (QED) is 0.877. The van der Waals surface area contributed by atoms with Crippen LogP contribution in [0.2, 0.25) is 0 Å². The van der Waals surface area contributed by atoms with Gasteiger partial charge in [0, 0.05) is 13.1 Å². The molecule has 0 aliphatic rings. The molecule has 0 saturated carbocycles. The van der Waals surface area contributed by atoms with Crippen LogP contribution < -0.4 is 5.32 Å². The number of carbonyl (C=O) groups is 1. The predicted octanol–water partition coefficient (Wildman–Crippen LogP) is 1.90. The summed E-state index contributed by atoms with van der Waals surface area (Å²) in [4.78, 5) is 16.8. The number of fused-ring (bicyclic) bond motifs is 1. The lowest BCUT2D eigenvalue weighted by Crippen LogP contribution is -2.36. The molecule has 1 unspecified atom stereocenters. The number of amides is 1. The number of alkyl halides is 1. The highest BCUT2D eigenvalue weighted by molar-refractivity contribution is 6.16. The molecule has 20 heavy (non-hydrogen) atoms. The SMILES string of the molecule is Cc1nn(C)c2c1nc(CCl)n2C(C)C(=O)NC(C)C. The number of hydrogen-bond donors (Lipinski definition) is 1. The van der Waals surface area contributed by atoms with Crippen LogP contribution in [0.1, 0.15) is 38.3 Å². The maximum Gasteiger partial charge on any atom is 0.243 e. The van der Waals surface area contributed by atoms with Crippen LogP contribution in [0.3, 0.4) is 0 Å². The molecule has 0 aliphatic carbocycles. The highest BCUT2D eigenvalue weighted by Gasteiger charge is 2.24. The number of aryl methyl sites for hydroxylation is 2. The first-order chi connectivity index (χ1) is 9.36. The molecule has 0 spiro atoms. The summed E-state index contributed by atoms with van der Waals surface area (Å²) in [6, 6.07) is -0.289. The normalized spacial score (nSPS) is 13.2. The van der Waals surface area contributed by atoms with Crippen LogP contribution in [-0.2, 0) is 17.7 Å². The van der Waals surface area contributed by atoms with Crippen molar-refractivity contribution < 1.29 is 4.79 Å². The van der Waals surface area contributed by atoms with Gasteiger partial charge in [-0.25, -0.2) is 4.98 Å². The van der Waals surface area contributed by atoms with Crippen LogP contribution in [-0.4, -0.2) is 31.3 Å². The summed E-state index contributed by atoms with van der Waals surface area (Å²) in [7, 11) is 1.85. The van der Waals surface area contributed by atoms with Crippen molar-refractivity contribution in [2.75, 3.05) is 0 Å². The summed E-state index contributed by atoms with van der Waals surface area (Å²) in [5.41, 5.74) is 2.46. The molecule has 0 bridgehead atoms. The van der Waals surface area contributed by atoms with E-state index in [0.29, 0.717) is 5.82 Å². The van der Waals surface area contributed by atoms with E-state index in [1.54, 1.807) is 4.68 Å². The van der Waals surface area contributed by atoms with E-state index in [9.17, 15) is 4.79 Å². The van der Waals surface area contributed by atoms with Gasteiger partial charge in [0.1, 0.15) is 17.4 Å². The fourth-order valence-corrected chi connectivity index (χ4v) is 2.55. The number of nitrogens with zero attached hydrogens (tertiary/aromatic N) is 4. The minimum Gasteiger partial charge on any atom is -0.352 e. The van der Waals surface area contributed by atoms with E-state index in [0.717, 1.165) is 16.9 Å². The second-order valence-electron chi connectivity index (χ2n) is 5.25. The van der Waals surface area contributed by atoms with Gasteiger partial charge in [-0.15, -0.1) is 11.6 Å². The fraction of sp³-hybridized carbons (Fsp3) is 0.615. The Balaban J connectivity index is 2.54. The summed E-state index contributed by atoms with van der Waals surface area (Å²) in [5.74, 6) is 0.890. The lowest BCUT2D eigenvalue weighted by Gasteiger charge is -2.18. The van der Waals surface area contributed by atoms with Gasteiger partial charge in [-0.05, 0) is 27.7 Å². The molecule has 0 radical (unpaired) electrons. The fourth-order valence-electron chi connectivity index (χ4n) is 2.36.